The first-order chi connectivity index (χ1) is 10.2. The fraction of sp³-hybridized carbons (Fsp3) is 0.533. The molecule has 1 fully saturated rings. The van der Waals surface area contributed by atoms with E-state index in [-0.39, 0.29) is 5.97 Å². The minimum atomic E-state index is -0.161. The van der Waals surface area contributed by atoms with Crippen molar-refractivity contribution in [3.8, 4) is 6.07 Å². The smallest absolute Gasteiger partial charge is 0.306 e. The summed E-state index contributed by atoms with van der Waals surface area (Å²) in [6.07, 6.45) is 2.09. The predicted molar refractivity (Wildman–Crippen MR) is 77.3 cm³/mol. The minimum absolute atomic E-state index is 0.161. The number of piperazine rings is 1. The van der Waals surface area contributed by atoms with Crippen molar-refractivity contribution in [3.05, 3.63) is 29.6 Å². The Morgan fingerprint density at radius 1 is 1.38 bits per heavy atom. The standard InChI is InChI=1S/C15H20N4O2/c1-21-15(20)4-6-18-7-9-19(10-8-18)12-13-3-2-5-17-14(13)11-16/h2-3,5H,4,6-10,12H2,1H3. The van der Waals surface area contributed by atoms with E-state index in [1.54, 1.807) is 6.20 Å². The molecule has 0 bridgehead atoms. The highest BCUT2D eigenvalue weighted by atomic mass is 16.5. The molecule has 6 heteroatoms. The van der Waals surface area contributed by atoms with Gasteiger partial charge in [0.2, 0.25) is 0 Å². The zero-order chi connectivity index (χ0) is 15.1. The minimum Gasteiger partial charge on any atom is -0.469 e. The number of rotatable bonds is 5. The van der Waals surface area contributed by atoms with Crippen LogP contribution in [0.1, 0.15) is 17.7 Å². The lowest BCUT2D eigenvalue weighted by Gasteiger charge is -2.34. The maximum Gasteiger partial charge on any atom is 0.306 e. The van der Waals surface area contributed by atoms with Crippen molar-refractivity contribution in [2.24, 2.45) is 0 Å². The molecule has 0 spiro atoms. The number of hydrogen-bond acceptors (Lipinski definition) is 6. The van der Waals surface area contributed by atoms with Crippen LogP contribution in [0.2, 0.25) is 0 Å². The Morgan fingerprint density at radius 3 is 2.76 bits per heavy atom. The van der Waals surface area contributed by atoms with E-state index in [4.69, 9.17) is 5.26 Å². The van der Waals surface area contributed by atoms with Gasteiger partial charge in [0.15, 0.2) is 0 Å². The average molecular weight is 288 g/mol. The normalized spacial score (nSPS) is 16.4. The van der Waals surface area contributed by atoms with Gasteiger partial charge in [-0.1, -0.05) is 6.07 Å². The second-order valence-corrected chi connectivity index (χ2v) is 5.07. The predicted octanol–water partition coefficient (Wildman–Crippen LogP) is 0.634. The molecule has 2 rings (SSSR count). The fourth-order valence-electron chi connectivity index (χ4n) is 2.43. The summed E-state index contributed by atoms with van der Waals surface area (Å²) in [5.74, 6) is -0.161. The number of carbonyl (C=O) groups is 1. The van der Waals surface area contributed by atoms with Gasteiger partial charge < -0.3 is 9.64 Å². The summed E-state index contributed by atoms with van der Waals surface area (Å²) in [6.45, 7) is 5.22. The van der Waals surface area contributed by atoms with Crippen LogP contribution in [-0.2, 0) is 16.1 Å². The van der Waals surface area contributed by atoms with E-state index in [0.717, 1.165) is 44.8 Å². The summed E-state index contributed by atoms with van der Waals surface area (Å²) >= 11 is 0. The van der Waals surface area contributed by atoms with E-state index in [2.05, 4.69) is 25.6 Å². The summed E-state index contributed by atoms with van der Waals surface area (Å²) in [7, 11) is 1.42. The number of nitrogens with zero attached hydrogens (tertiary/aromatic N) is 4. The summed E-state index contributed by atoms with van der Waals surface area (Å²) in [4.78, 5) is 19.8. The Hall–Kier alpha value is -1.97. The van der Waals surface area contributed by atoms with Crippen molar-refractivity contribution in [2.75, 3.05) is 39.8 Å². The van der Waals surface area contributed by atoms with Crippen LogP contribution in [-0.4, -0.2) is 60.6 Å². The maximum atomic E-state index is 11.1. The SMILES string of the molecule is COC(=O)CCN1CCN(Cc2cccnc2C#N)CC1. The molecular formula is C15H20N4O2. The third kappa shape index (κ3) is 4.52. The molecule has 1 aromatic rings. The van der Waals surface area contributed by atoms with Crippen LogP contribution < -0.4 is 0 Å². The lowest BCUT2D eigenvalue weighted by molar-refractivity contribution is -0.141. The van der Waals surface area contributed by atoms with Crippen LogP contribution in [0.25, 0.3) is 0 Å². The summed E-state index contributed by atoms with van der Waals surface area (Å²) < 4.78 is 4.65. The highest BCUT2D eigenvalue weighted by Crippen LogP contribution is 2.11. The second kappa shape index (κ2) is 7.72. The number of aromatic nitrogens is 1. The van der Waals surface area contributed by atoms with Crippen molar-refractivity contribution < 1.29 is 9.53 Å². The first-order valence-corrected chi connectivity index (χ1v) is 7.08. The van der Waals surface area contributed by atoms with Gasteiger partial charge in [0.25, 0.3) is 0 Å². The molecule has 2 heterocycles. The maximum absolute atomic E-state index is 11.1. The van der Waals surface area contributed by atoms with Crippen molar-refractivity contribution in [3.63, 3.8) is 0 Å². The molecule has 0 aliphatic carbocycles. The van der Waals surface area contributed by atoms with Crippen molar-refractivity contribution in [1.82, 2.24) is 14.8 Å². The number of esters is 1. The van der Waals surface area contributed by atoms with Crippen LogP contribution in [0.3, 0.4) is 0 Å². The first-order valence-electron chi connectivity index (χ1n) is 7.08. The topological polar surface area (TPSA) is 69.5 Å². The van der Waals surface area contributed by atoms with E-state index in [9.17, 15) is 4.79 Å². The zero-order valence-corrected chi connectivity index (χ0v) is 12.3. The van der Waals surface area contributed by atoms with Gasteiger partial charge in [-0.2, -0.15) is 5.26 Å². The van der Waals surface area contributed by atoms with Gasteiger partial charge in [-0.15, -0.1) is 0 Å². The number of ether oxygens (including phenoxy) is 1. The molecule has 0 radical (unpaired) electrons. The summed E-state index contributed by atoms with van der Waals surface area (Å²) in [6, 6.07) is 5.95. The Morgan fingerprint density at radius 2 is 2.10 bits per heavy atom. The quantitative estimate of drug-likeness (QED) is 0.740. The Bertz CT molecular complexity index is 519. The number of carbonyl (C=O) groups excluding carboxylic acids is 1. The lowest BCUT2D eigenvalue weighted by Crippen LogP contribution is -2.46. The van der Waals surface area contributed by atoms with Gasteiger partial charge in [0, 0.05) is 51.0 Å². The van der Waals surface area contributed by atoms with Gasteiger partial charge in [0.05, 0.1) is 13.5 Å². The zero-order valence-electron chi connectivity index (χ0n) is 12.3. The van der Waals surface area contributed by atoms with Crippen LogP contribution >= 0.6 is 0 Å². The molecule has 0 amide bonds. The Balaban J connectivity index is 1.79. The third-order valence-electron chi connectivity index (χ3n) is 3.72. The third-order valence-corrected chi connectivity index (χ3v) is 3.72. The van der Waals surface area contributed by atoms with E-state index < -0.39 is 0 Å². The number of methoxy groups -OCH3 is 1. The fourth-order valence-corrected chi connectivity index (χ4v) is 2.43. The molecule has 1 aliphatic heterocycles. The molecule has 1 aliphatic rings. The summed E-state index contributed by atoms with van der Waals surface area (Å²) in [5, 5.41) is 9.05. The molecule has 0 N–H and O–H groups in total. The van der Waals surface area contributed by atoms with Gasteiger partial charge in [-0.05, 0) is 6.07 Å². The van der Waals surface area contributed by atoms with Gasteiger partial charge in [-0.25, -0.2) is 4.98 Å². The highest BCUT2D eigenvalue weighted by Gasteiger charge is 2.18. The van der Waals surface area contributed by atoms with E-state index in [1.807, 2.05) is 12.1 Å². The van der Waals surface area contributed by atoms with Crippen LogP contribution in [0.15, 0.2) is 18.3 Å². The monoisotopic (exact) mass is 288 g/mol. The Labute approximate surface area is 124 Å². The lowest BCUT2D eigenvalue weighted by atomic mass is 10.1. The molecule has 0 aromatic carbocycles. The summed E-state index contributed by atoms with van der Waals surface area (Å²) in [5.41, 5.74) is 1.48. The van der Waals surface area contributed by atoms with Gasteiger partial charge >= 0.3 is 5.97 Å². The number of hydrogen-bond donors (Lipinski definition) is 0. The molecule has 21 heavy (non-hydrogen) atoms. The molecule has 1 saturated heterocycles. The first kappa shape index (κ1) is 15.4. The van der Waals surface area contributed by atoms with E-state index >= 15 is 0 Å². The molecule has 1 aromatic heterocycles. The molecule has 0 saturated carbocycles. The molecule has 6 nitrogen and oxygen atoms in total. The average Bonchev–Trinajstić information content (AvgIpc) is 2.54. The number of pyridine rings is 1. The van der Waals surface area contributed by atoms with Crippen LogP contribution in [0, 0.1) is 11.3 Å². The Kier molecular flexibility index (Phi) is 5.67. The van der Waals surface area contributed by atoms with E-state index in [1.165, 1.54) is 7.11 Å². The van der Waals surface area contributed by atoms with Crippen molar-refractivity contribution in [2.45, 2.75) is 13.0 Å². The van der Waals surface area contributed by atoms with Crippen molar-refractivity contribution in [1.29, 1.82) is 5.26 Å². The molecule has 0 unspecified atom stereocenters. The van der Waals surface area contributed by atoms with Crippen molar-refractivity contribution >= 4 is 5.97 Å². The molecule has 0 atom stereocenters. The molecule has 112 valence electrons. The van der Waals surface area contributed by atoms with Crippen LogP contribution in [0.5, 0.6) is 0 Å². The highest BCUT2D eigenvalue weighted by molar-refractivity contribution is 5.69. The largest absolute Gasteiger partial charge is 0.469 e. The van der Waals surface area contributed by atoms with Gasteiger partial charge in [-0.3, -0.25) is 9.69 Å². The second-order valence-electron chi connectivity index (χ2n) is 5.07. The molecular weight excluding hydrogens is 268 g/mol. The van der Waals surface area contributed by atoms with E-state index in [0.29, 0.717) is 12.1 Å². The van der Waals surface area contributed by atoms with Gasteiger partial charge in [0.1, 0.15) is 11.8 Å². The van der Waals surface area contributed by atoms with Crippen LogP contribution in [0.4, 0.5) is 0 Å². The number of nitriles is 1.